The van der Waals surface area contributed by atoms with Crippen LogP contribution in [0.1, 0.15) is 32.1 Å². The van der Waals surface area contributed by atoms with Gasteiger partial charge in [0.05, 0.1) is 16.7 Å². The number of nitrogens with one attached hydrogen (secondary N) is 1. The maximum Gasteiger partial charge on any atom is 0.144 e. The number of hydrogen-bond donors (Lipinski definition) is 2. The molecule has 0 saturated heterocycles. The van der Waals surface area contributed by atoms with Crippen LogP contribution < -0.4 is 14.6 Å². The van der Waals surface area contributed by atoms with Crippen LogP contribution in [0.15, 0.2) is 23.1 Å². The Morgan fingerprint density at radius 3 is 2.55 bits per heavy atom. The van der Waals surface area contributed by atoms with Crippen molar-refractivity contribution in [1.82, 2.24) is 0 Å². The Kier molecular flexibility index (Phi) is 5.56. The molecule has 0 amide bonds. The first kappa shape index (κ1) is 15.5. The molecule has 1 aliphatic carbocycles. The molecule has 1 saturated carbocycles. The molecule has 0 aromatic heterocycles. The molecule has 3 N–H and O–H groups in total. The van der Waals surface area contributed by atoms with E-state index in [1.54, 1.807) is 24.5 Å². The number of hydrogen-bond acceptors (Lipinski definition) is 3. The largest absolute Gasteiger partial charge is 0.488 e. The van der Waals surface area contributed by atoms with Crippen LogP contribution in [-0.2, 0) is 22.0 Å². The van der Waals surface area contributed by atoms with Gasteiger partial charge in [-0.1, -0.05) is 6.42 Å². The van der Waals surface area contributed by atoms with Gasteiger partial charge in [0.25, 0.3) is 0 Å². The van der Waals surface area contributed by atoms with E-state index in [9.17, 15) is 8.42 Å². The summed E-state index contributed by atoms with van der Waals surface area (Å²) in [5.41, 5.74) is 0.644. The van der Waals surface area contributed by atoms with Gasteiger partial charge in [0.1, 0.15) is 27.7 Å². The average molecular weight is 316 g/mol. The fraction of sp³-hybridized carbons (Fsp3) is 0.538. The van der Waals surface area contributed by atoms with E-state index in [-0.39, 0.29) is 6.10 Å². The molecule has 0 spiro atoms. The van der Waals surface area contributed by atoms with Crippen LogP contribution in [0.2, 0.25) is 0 Å². The van der Waals surface area contributed by atoms with E-state index in [1.165, 1.54) is 6.42 Å². The van der Waals surface area contributed by atoms with Crippen LogP contribution in [0.25, 0.3) is 0 Å². The molecule has 1 aliphatic rings. The normalized spacial score (nSPS) is 19.3. The Bertz CT molecular complexity index is 516. The lowest BCUT2D eigenvalue weighted by Gasteiger charge is -2.24. The Morgan fingerprint density at radius 2 is 1.95 bits per heavy atom. The predicted octanol–water partition coefficient (Wildman–Crippen LogP) is 2.08. The van der Waals surface area contributed by atoms with E-state index in [0.29, 0.717) is 16.3 Å². The van der Waals surface area contributed by atoms with Crippen molar-refractivity contribution in [2.75, 3.05) is 11.0 Å². The summed E-state index contributed by atoms with van der Waals surface area (Å²) in [5, 5.41) is 5.40. The van der Waals surface area contributed by atoms with Gasteiger partial charge in [0.2, 0.25) is 0 Å². The molecule has 112 valence electrons. The van der Waals surface area contributed by atoms with Gasteiger partial charge in [0, 0.05) is 6.26 Å². The minimum absolute atomic E-state index is 0.163. The van der Waals surface area contributed by atoms with Crippen molar-refractivity contribution in [3.63, 3.8) is 0 Å². The summed E-state index contributed by atoms with van der Waals surface area (Å²) in [4.78, 5) is 0.503. The van der Waals surface area contributed by atoms with Gasteiger partial charge >= 0.3 is 0 Å². The number of ether oxygens (including phenoxy) is 1. The zero-order valence-electron chi connectivity index (χ0n) is 11.5. The predicted molar refractivity (Wildman–Crippen MR) is 82.2 cm³/mol. The molecule has 7 heteroatoms. The van der Waals surface area contributed by atoms with Gasteiger partial charge in [-0.15, -0.1) is 0 Å². The van der Waals surface area contributed by atoms with Crippen LogP contribution in [0.3, 0.4) is 0 Å². The van der Waals surface area contributed by atoms with Gasteiger partial charge in [0.15, 0.2) is 0 Å². The van der Waals surface area contributed by atoms with Crippen molar-refractivity contribution >= 4 is 27.7 Å². The van der Waals surface area contributed by atoms with Crippen molar-refractivity contribution in [3.8, 4) is 5.75 Å². The maximum atomic E-state index is 11.4. The highest BCUT2D eigenvalue weighted by atomic mass is 32.2. The summed E-state index contributed by atoms with van der Waals surface area (Å²) in [6.45, 7) is 0. The molecule has 2 rings (SSSR count). The minimum atomic E-state index is -1.55. The molecule has 0 radical (unpaired) electrons. The first-order valence-corrected chi connectivity index (χ1v) is 9.40. The van der Waals surface area contributed by atoms with Crippen molar-refractivity contribution in [1.29, 1.82) is 0 Å². The molecule has 5 nitrogen and oxygen atoms in total. The van der Waals surface area contributed by atoms with E-state index in [0.717, 1.165) is 25.7 Å². The number of benzene rings is 1. The molecular formula is C13H20N2O3S2. The molecule has 20 heavy (non-hydrogen) atoms. The standard InChI is InChI=1S/C13H20N2O3S2/c1-19(16)15-12-8-7-11(20(14)17)9-13(12)18-10-5-3-2-4-6-10/h7-10,15H,2-6,14H2,1H3. The van der Waals surface area contributed by atoms with Crippen LogP contribution in [0, 0.1) is 0 Å². The highest BCUT2D eigenvalue weighted by Gasteiger charge is 2.17. The van der Waals surface area contributed by atoms with E-state index >= 15 is 0 Å². The number of anilines is 1. The van der Waals surface area contributed by atoms with Crippen LogP contribution in [0.4, 0.5) is 5.69 Å². The first-order valence-electron chi connectivity index (χ1n) is 6.63. The molecule has 0 heterocycles. The van der Waals surface area contributed by atoms with Crippen LogP contribution in [-0.4, -0.2) is 20.8 Å². The van der Waals surface area contributed by atoms with E-state index in [4.69, 9.17) is 9.88 Å². The second-order valence-corrected chi connectivity index (χ2v) is 7.07. The second kappa shape index (κ2) is 7.19. The smallest absolute Gasteiger partial charge is 0.144 e. The lowest BCUT2D eigenvalue weighted by atomic mass is 9.98. The molecule has 1 aromatic rings. The molecular weight excluding hydrogens is 296 g/mol. The Balaban J connectivity index is 2.22. The fourth-order valence-electron chi connectivity index (χ4n) is 2.33. The highest BCUT2D eigenvalue weighted by molar-refractivity contribution is 7.85. The summed E-state index contributed by atoms with van der Waals surface area (Å²) in [5.74, 6) is 0.573. The van der Waals surface area contributed by atoms with Gasteiger partial charge < -0.3 is 9.46 Å². The summed E-state index contributed by atoms with van der Waals surface area (Å²) in [6, 6.07) is 5.03. The summed E-state index contributed by atoms with van der Waals surface area (Å²) in [7, 11) is -2.74. The van der Waals surface area contributed by atoms with Gasteiger partial charge in [-0.25, -0.2) is 13.6 Å². The van der Waals surface area contributed by atoms with Crippen LogP contribution >= 0.6 is 0 Å². The van der Waals surface area contributed by atoms with E-state index in [2.05, 4.69) is 4.72 Å². The van der Waals surface area contributed by atoms with Crippen molar-refractivity contribution in [2.45, 2.75) is 43.1 Å². The van der Waals surface area contributed by atoms with Crippen molar-refractivity contribution in [3.05, 3.63) is 18.2 Å². The topological polar surface area (TPSA) is 81.4 Å². The van der Waals surface area contributed by atoms with Gasteiger partial charge in [-0.3, -0.25) is 0 Å². The number of nitrogens with two attached hydrogens (primary N) is 1. The summed E-state index contributed by atoms with van der Waals surface area (Å²) >= 11 is 0. The monoisotopic (exact) mass is 316 g/mol. The second-order valence-electron chi connectivity index (χ2n) is 4.89. The Hall–Kier alpha value is -0.920. The lowest BCUT2D eigenvalue weighted by Crippen LogP contribution is -2.20. The lowest BCUT2D eigenvalue weighted by molar-refractivity contribution is 0.155. The minimum Gasteiger partial charge on any atom is -0.488 e. The average Bonchev–Trinajstić information content (AvgIpc) is 2.41. The highest BCUT2D eigenvalue weighted by Crippen LogP contribution is 2.31. The van der Waals surface area contributed by atoms with E-state index < -0.39 is 22.0 Å². The Labute approximate surface area is 124 Å². The van der Waals surface area contributed by atoms with Crippen molar-refractivity contribution < 1.29 is 13.2 Å². The fourth-order valence-corrected chi connectivity index (χ4v) is 3.23. The summed E-state index contributed by atoms with van der Waals surface area (Å²) in [6.07, 6.45) is 7.33. The first-order chi connectivity index (χ1) is 9.56. The molecule has 1 aromatic carbocycles. The van der Waals surface area contributed by atoms with E-state index in [1.807, 2.05) is 0 Å². The quantitative estimate of drug-likeness (QED) is 0.872. The Morgan fingerprint density at radius 1 is 1.25 bits per heavy atom. The zero-order valence-corrected chi connectivity index (χ0v) is 13.1. The third-order valence-electron chi connectivity index (χ3n) is 3.28. The SMILES string of the molecule is CS(=O)Nc1ccc(S(N)=O)cc1OC1CCCCC1. The molecule has 2 atom stereocenters. The number of rotatable bonds is 5. The van der Waals surface area contributed by atoms with Crippen LogP contribution in [0.5, 0.6) is 5.75 Å². The summed E-state index contributed by atoms with van der Waals surface area (Å²) < 4.78 is 31.5. The zero-order chi connectivity index (χ0) is 14.5. The van der Waals surface area contributed by atoms with Gasteiger partial charge in [-0.2, -0.15) is 0 Å². The molecule has 2 unspecified atom stereocenters. The maximum absolute atomic E-state index is 11.4. The third-order valence-corrected chi connectivity index (χ3v) is 4.51. The molecule has 0 bridgehead atoms. The van der Waals surface area contributed by atoms with Crippen molar-refractivity contribution in [2.24, 2.45) is 5.14 Å². The molecule has 1 fully saturated rings. The molecule has 0 aliphatic heterocycles. The third kappa shape index (κ3) is 4.29. The van der Waals surface area contributed by atoms with Gasteiger partial charge in [-0.05, 0) is 43.9 Å².